The minimum atomic E-state index is -3.14. The molecule has 7 nitrogen and oxygen atoms in total. The third-order valence-corrected chi connectivity index (χ3v) is 5.97. The van der Waals surface area contributed by atoms with Crippen LogP contribution < -0.4 is 15.4 Å². The summed E-state index contributed by atoms with van der Waals surface area (Å²) < 4.78 is 30.7. The SMILES string of the molecule is CCNC(=NCc1ccccc1OCC1CC1)NCCCN(CC)S(C)(=O)=O.I. The van der Waals surface area contributed by atoms with Gasteiger partial charge >= 0.3 is 0 Å². The van der Waals surface area contributed by atoms with Crippen LogP contribution >= 0.6 is 24.0 Å². The van der Waals surface area contributed by atoms with Crippen LogP contribution in [0.25, 0.3) is 0 Å². The van der Waals surface area contributed by atoms with E-state index in [1.807, 2.05) is 38.1 Å². The van der Waals surface area contributed by atoms with Crippen molar-refractivity contribution in [1.82, 2.24) is 14.9 Å². The first-order valence-electron chi connectivity index (χ1n) is 10.1. The Kier molecular flexibility index (Phi) is 11.9. The van der Waals surface area contributed by atoms with E-state index in [4.69, 9.17) is 4.74 Å². The Labute approximate surface area is 192 Å². The van der Waals surface area contributed by atoms with Crippen molar-refractivity contribution in [2.24, 2.45) is 10.9 Å². The third kappa shape index (κ3) is 9.99. The minimum absolute atomic E-state index is 0. The number of sulfonamides is 1. The predicted molar refractivity (Wildman–Crippen MR) is 130 cm³/mol. The first-order valence-corrected chi connectivity index (χ1v) is 12.0. The molecule has 1 fully saturated rings. The van der Waals surface area contributed by atoms with Crippen molar-refractivity contribution >= 4 is 40.0 Å². The lowest BCUT2D eigenvalue weighted by molar-refractivity contribution is 0.297. The van der Waals surface area contributed by atoms with Gasteiger partial charge in [0.15, 0.2) is 5.96 Å². The van der Waals surface area contributed by atoms with Gasteiger partial charge in [-0.3, -0.25) is 0 Å². The van der Waals surface area contributed by atoms with Gasteiger partial charge in [0.05, 0.1) is 19.4 Å². The Hall–Kier alpha value is -1.07. The molecular formula is C20H35IN4O3S. The molecule has 0 unspecified atom stereocenters. The second kappa shape index (κ2) is 13.3. The first kappa shape index (κ1) is 26.0. The molecule has 0 spiro atoms. The van der Waals surface area contributed by atoms with E-state index in [2.05, 4.69) is 15.6 Å². The normalized spacial score (nSPS) is 14.4. The van der Waals surface area contributed by atoms with Crippen LogP contribution in [0.15, 0.2) is 29.3 Å². The maximum absolute atomic E-state index is 11.6. The van der Waals surface area contributed by atoms with Gasteiger partial charge in [-0.15, -0.1) is 24.0 Å². The van der Waals surface area contributed by atoms with Gasteiger partial charge in [-0.05, 0) is 38.2 Å². The number of hydrogen-bond donors (Lipinski definition) is 2. The Morgan fingerprint density at radius 3 is 2.59 bits per heavy atom. The van der Waals surface area contributed by atoms with E-state index in [0.29, 0.717) is 38.5 Å². The van der Waals surface area contributed by atoms with Crippen molar-refractivity contribution in [2.45, 2.75) is 39.7 Å². The lowest BCUT2D eigenvalue weighted by Crippen LogP contribution is -2.39. The Bertz CT molecular complexity index is 739. The smallest absolute Gasteiger partial charge is 0.211 e. The highest BCUT2D eigenvalue weighted by Crippen LogP contribution is 2.30. The van der Waals surface area contributed by atoms with E-state index >= 15 is 0 Å². The zero-order valence-corrected chi connectivity index (χ0v) is 20.8. The molecule has 0 heterocycles. The molecule has 2 rings (SSSR count). The van der Waals surface area contributed by atoms with E-state index in [1.54, 1.807) is 0 Å². The van der Waals surface area contributed by atoms with E-state index in [0.717, 1.165) is 30.4 Å². The summed E-state index contributed by atoms with van der Waals surface area (Å²) in [5.74, 6) is 2.34. The molecule has 29 heavy (non-hydrogen) atoms. The van der Waals surface area contributed by atoms with E-state index in [9.17, 15) is 8.42 Å². The summed E-state index contributed by atoms with van der Waals surface area (Å²) in [6.45, 7) is 7.58. The summed E-state index contributed by atoms with van der Waals surface area (Å²) >= 11 is 0. The number of nitrogens with one attached hydrogen (secondary N) is 2. The van der Waals surface area contributed by atoms with Crippen LogP contribution in [-0.2, 0) is 16.6 Å². The fourth-order valence-corrected chi connectivity index (χ4v) is 3.72. The number of ether oxygens (including phenoxy) is 1. The van der Waals surface area contributed by atoms with E-state index < -0.39 is 10.0 Å². The van der Waals surface area contributed by atoms with Crippen LogP contribution in [-0.4, -0.2) is 57.7 Å². The van der Waals surface area contributed by atoms with Gasteiger partial charge in [-0.2, -0.15) is 0 Å². The molecule has 1 aromatic carbocycles. The molecule has 1 aliphatic carbocycles. The van der Waals surface area contributed by atoms with Crippen LogP contribution in [0.5, 0.6) is 5.75 Å². The second-order valence-corrected chi connectivity index (χ2v) is 9.07. The maximum atomic E-state index is 11.6. The lowest BCUT2D eigenvalue weighted by atomic mass is 10.2. The number of hydrogen-bond acceptors (Lipinski definition) is 4. The average Bonchev–Trinajstić information content (AvgIpc) is 3.48. The highest BCUT2D eigenvalue weighted by Gasteiger charge is 2.22. The van der Waals surface area contributed by atoms with Gasteiger partial charge < -0.3 is 15.4 Å². The third-order valence-electron chi connectivity index (χ3n) is 4.59. The van der Waals surface area contributed by atoms with E-state index in [1.165, 1.54) is 23.4 Å². The molecule has 0 saturated heterocycles. The topological polar surface area (TPSA) is 83.0 Å². The summed E-state index contributed by atoms with van der Waals surface area (Å²) in [6, 6.07) is 8.03. The fourth-order valence-electron chi connectivity index (χ4n) is 2.79. The van der Waals surface area contributed by atoms with Gasteiger partial charge in [0.2, 0.25) is 10.0 Å². The van der Waals surface area contributed by atoms with Gasteiger partial charge in [-0.25, -0.2) is 17.7 Å². The molecule has 1 aromatic rings. The van der Waals surface area contributed by atoms with Crippen molar-refractivity contribution in [3.8, 4) is 5.75 Å². The molecule has 0 atom stereocenters. The number of halogens is 1. The molecule has 9 heteroatoms. The summed E-state index contributed by atoms with van der Waals surface area (Å²) in [5.41, 5.74) is 1.06. The second-order valence-electron chi connectivity index (χ2n) is 7.09. The predicted octanol–water partition coefficient (Wildman–Crippen LogP) is 2.82. The number of rotatable bonds is 12. The Morgan fingerprint density at radius 1 is 1.24 bits per heavy atom. The monoisotopic (exact) mass is 538 g/mol. The summed E-state index contributed by atoms with van der Waals surface area (Å²) in [6.07, 6.45) is 4.50. The molecule has 0 aromatic heterocycles. The molecule has 0 radical (unpaired) electrons. The van der Waals surface area contributed by atoms with E-state index in [-0.39, 0.29) is 24.0 Å². The molecule has 1 aliphatic rings. The van der Waals surface area contributed by atoms with Gasteiger partial charge in [0.1, 0.15) is 5.75 Å². The van der Waals surface area contributed by atoms with Gasteiger partial charge in [0, 0.05) is 31.7 Å². The highest BCUT2D eigenvalue weighted by molar-refractivity contribution is 14.0. The van der Waals surface area contributed by atoms with Gasteiger partial charge in [0.25, 0.3) is 0 Å². The van der Waals surface area contributed by atoms with Crippen molar-refractivity contribution in [2.75, 3.05) is 39.0 Å². The summed E-state index contributed by atoms with van der Waals surface area (Å²) in [5, 5.41) is 6.51. The number of guanidine groups is 1. The number of aliphatic imine (C=N–C) groups is 1. The zero-order chi connectivity index (χ0) is 20.4. The average molecular weight is 538 g/mol. The standard InChI is InChI=1S/C20H34N4O3S.HI/c1-4-21-20(22-13-8-14-24(5-2)28(3,25)26)23-15-18-9-6-7-10-19(18)27-16-17-11-12-17;/h6-7,9-10,17H,4-5,8,11-16H2,1-3H3,(H2,21,22,23);1H. The van der Waals surface area contributed by atoms with Crippen LogP contribution in [0.4, 0.5) is 0 Å². The minimum Gasteiger partial charge on any atom is -0.493 e. The van der Waals surface area contributed by atoms with Crippen molar-refractivity contribution in [3.05, 3.63) is 29.8 Å². The zero-order valence-electron chi connectivity index (χ0n) is 17.7. The molecule has 0 aliphatic heterocycles. The molecule has 2 N–H and O–H groups in total. The molecular weight excluding hydrogens is 503 g/mol. The molecule has 1 saturated carbocycles. The van der Waals surface area contributed by atoms with Crippen LogP contribution in [0.2, 0.25) is 0 Å². The van der Waals surface area contributed by atoms with Crippen LogP contribution in [0, 0.1) is 5.92 Å². The summed E-state index contributed by atoms with van der Waals surface area (Å²) in [7, 11) is -3.14. The number of nitrogens with zero attached hydrogens (tertiary/aromatic N) is 2. The summed E-state index contributed by atoms with van der Waals surface area (Å²) in [4.78, 5) is 4.66. The van der Waals surface area contributed by atoms with Gasteiger partial charge in [-0.1, -0.05) is 25.1 Å². The van der Waals surface area contributed by atoms with Crippen LogP contribution in [0.3, 0.4) is 0 Å². The highest BCUT2D eigenvalue weighted by atomic mass is 127. The maximum Gasteiger partial charge on any atom is 0.211 e. The number of benzene rings is 1. The number of para-hydroxylation sites is 1. The van der Waals surface area contributed by atoms with Crippen LogP contribution in [0.1, 0.15) is 38.7 Å². The van der Waals surface area contributed by atoms with Crippen molar-refractivity contribution < 1.29 is 13.2 Å². The fraction of sp³-hybridized carbons (Fsp3) is 0.650. The van der Waals surface area contributed by atoms with Crippen molar-refractivity contribution in [1.29, 1.82) is 0 Å². The Balaban J connectivity index is 0.00000420. The molecule has 0 bridgehead atoms. The Morgan fingerprint density at radius 2 is 1.97 bits per heavy atom. The lowest BCUT2D eigenvalue weighted by Gasteiger charge is -2.18. The quantitative estimate of drug-likeness (QED) is 0.185. The first-order chi connectivity index (χ1) is 13.4. The molecule has 166 valence electrons. The largest absolute Gasteiger partial charge is 0.493 e. The van der Waals surface area contributed by atoms with Crippen molar-refractivity contribution in [3.63, 3.8) is 0 Å². The molecule has 0 amide bonds.